The molecular formula is C11H12Br2N2O2S. The smallest absolute Gasteiger partial charge is 0.244 e. The standard InChI is InChI=1S/C11H12Br2N2O2S/c1-3-8(4-2)15-18(16,17)11-9(13)5-7(12)6-10(11)14/h1,5-6,8,15H,4,14H2,2H3. The normalized spacial score (nSPS) is 13.0. The van der Waals surface area contributed by atoms with E-state index < -0.39 is 16.1 Å². The van der Waals surface area contributed by atoms with Crippen molar-refractivity contribution in [3.63, 3.8) is 0 Å². The molecule has 3 N–H and O–H groups in total. The molecule has 7 heteroatoms. The Kier molecular flexibility index (Phi) is 5.22. The second-order valence-electron chi connectivity index (χ2n) is 3.55. The lowest BCUT2D eigenvalue weighted by Crippen LogP contribution is -2.33. The molecule has 0 radical (unpaired) electrons. The van der Waals surface area contributed by atoms with Crippen LogP contribution in [0.2, 0.25) is 0 Å². The van der Waals surface area contributed by atoms with Crippen LogP contribution in [0.3, 0.4) is 0 Å². The zero-order chi connectivity index (χ0) is 13.9. The predicted molar refractivity (Wildman–Crippen MR) is 79.5 cm³/mol. The van der Waals surface area contributed by atoms with Crippen LogP contribution in [0.1, 0.15) is 13.3 Å². The highest BCUT2D eigenvalue weighted by molar-refractivity contribution is 9.11. The van der Waals surface area contributed by atoms with Gasteiger partial charge in [0, 0.05) is 8.95 Å². The van der Waals surface area contributed by atoms with Crippen molar-refractivity contribution in [2.75, 3.05) is 5.73 Å². The second-order valence-corrected chi connectivity index (χ2v) is 6.98. The molecule has 4 nitrogen and oxygen atoms in total. The largest absolute Gasteiger partial charge is 0.398 e. The molecule has 0 aromatic heterocycles. The number of benzene rings is 1. The van der Waals surface area contributed by atoms with E-state index in [1.54, 1.807) is 13.0 Å². The molecular weight excluding hydrogens is 384 g/mol. The molecule has 0 bridgehead atoms. The van der Waals surface area contributed by atoms with Crippen LogP contribution in [-0.2, 0) is 10.0 Å². The molecule has 0 aliphatic carbocycles. The summed E-state index contributed by atoms with van der Waals surface area (Å²) in [5, 5.41) is 0. The van der Waals surface area contributed by atoms with E-state index in [2.05, 4.69) is 42.5 Å². The van der Waals surface area contributed by atoms with Gasteiger partial charge in [0.25, 0.3) is 0 Å². The summed E-state index contributed by atoms with van der Waals surface area (Å²) in [7, 11) is -3.75. The van der Waals surface area contributed by atoms with Gasteiger partial charge in [-0.15, -0.1) is 6.42 Å². The molecule has 0 fully saturated rings. The lowest BCUT2D eigenvalue weighted by atomic mass is 10.3. The molecule has 0 saturated heterocycles. The van der Waals surface area contributed by atoms with Crippen molar-refractivity contribution in [1.82, 2.24) is 4.72 Å². The summed E-state index contributed by atoms with van der Waals surface area (Å²) >= 11 is 6.42. The summed E-state index contributed by atoms with van der Waals surface area (Å²) in [6.07, 6.45) is 5.75. The van der Waals surface area contributed by atoms with Crippen molar-refractivity contribution in [3.8, 4) is 12.3 Å². The molecule has 0 spiro atoms. The van der Waals surface area contributed by atoms with Crippen molar-refractivity contribution in [2.24, 2.45) is 0 Å². The zero-order valence-electron chi connectivity index (χ0n) is 9.57. The minimum absolute atomic E-state index is 0.000556. The number of terminal acetylenes is 1. The Hall–Kier alpha value is -0.550. The van der Waals surface area contributed by atoms with E-state index in [4.69, 9.17) is 12.2 Å². The average molecular weight is 396 g/mol. The molecule has 1 aromatic carbocycles. The first-order valence-corrected chi connectivity index (χ1v) is 8.11. The minimum Gasteiger partial charge on any atom is -0.398 e. The van der Waals surface area contributed by atoms with Gasteiger partial charge in [-0.25, -0.2) is 8.42 Å². The fourth-order valence-electron chi connectivity index (χ4n) is 1.35. The van der Waals surface area contributed by atoms with Gasteiger partial charge in [-0.2, -0.15) is 4.72 Å². The van der Waals surface area contributed by atoms with Crippen LogP contribution < -0.4 is 10.5 Å². The number of sulfonamides is 1. The van der Waals surface area contributed by atoms with Crippen molar-refractivity contribution >= 4 is 47.6 Å². The molecule has 1 atom stereocenters. The maximum absolute atomic E-state index is 12.2. The van der Waals surface area contributed by atoms with Gasteiger partial charge in [-0.05, 0) is 34.5 Å². The third kappa shape index (κ3) is 3.48. The van der Waals surface area contributed by atoms with Crippen molar-refractivity contribution in [3.05, 3.63) is 21.1 Å². The molecule has 0 heterocycles. The molecule has 0 saturated carbocycles. The third-order valence-electron chi connectivity index (χ3n) is 2.21. The summed E-state index contributed by atoms with van der Waals surface area (Å²) in [6, 6.07) is 2.59. The van der Waals surface area contributed by atoms with Crippen LogP contribution in [0.5, 0.6) is 0 Å². The summed E-state index contributed by atoms with van der Waals surface area (Å²) in [4.78, 5) is -0.000556. The number of nitrogens with one attached hydrogen (secondary N) is 1. The monoisotopic (exact) mass is 394 g/mol. The first kappa shape index (κ1) is 15.5. The van der Waals surface area contributed by atoms with E-state index in [9.17, 15) is 8.42 Å². The van der Waals surface area contributed by atoms with Gasteiger partial charge in [0.1, 0.15) is 4.90 Å². The highest BCUT2D eigenvalue weighted by atomic mass is 79.9. The summed E-state index contributed by atoms with van der Waals surface area (Å²) in [6.45, 7) is 1.80. The van der Waals surface area contributed by atoms with Crippen LogP contribution in [-0.4, -0.2) is 14.5 Å². The number of halogens is 2. The van der Waals surface area contributed by atoms with Crippen LogP contribution in [0.4, 0.5) is 5.69 Å². The zero-order valence-corrected chi connectivity index (χ0v) is 13.6. The van der Waals surface area contributed by atoms with Gasteiger partial charge >= 0.3 is 0 Å². The quantitative estimate of drug-likeness (QED) is 0.607. The number of nitrogen functional groups attached to an aromatic ring is 1. The summed E-state index contributed by atoms with van der Waals surface area (Å²) in [5.74, 6) is 2.37. The fourth-order valence-corrected chi connectivity index (χ4v) is 4.65. The van der Waals surface area contributed by atoms with Crippen LogP contribution in [0.15, 0.2) is 26.0 Å². The van der Waals surface area contributed by atoms with Gasteiger partial charge in [0.05, 0.1) is 11.7 Å². The number of nitrogens with two attached hydrogens (primary N) is 1. The van der Waals surface area contributed by atoms with E-state index in [0.29, 0.717) is 15.4 Å². The number of anilines is 1. The number of hydrogen-bond donors (Lipinski definition) is 2. The molecule has 0 aliphatic rings. The topological polar surface area (TPSA) is 72.2 Å². The average Bonchev–Trinajstić information content (AvgIpc) is 2.23. The second kappa shape index (κ2) is 6.06. The van der Waals surface area contributed by atoms with E-state index in [1.165, 1.54) is 6.07 Å². The predicted octanol–water partition coefficient (Wildman–Crippen LogP) is 2.48. The molecule has 0 aliphatic heterocycles. The Morgan fingerprint density at radius 2 is 2.11 bits per heavy atom. The van der Waals surface area contributed by atoms with Crippen molar-refractivity contribution < 1.29 is 8.42 Å². The van der Waals surface area contributed by atoms with Gasteiger partial charge in [-0.3, -0.25) is 0 Å². The summed E-state index contributed by atoms with van der Waals surface area (Å²) < 4.78 is 27.9. The first-order chi connectivity index (χ1) is 8.31. The highest BCUT2D eigenvalue weighted by Gasteiger charge is 2.23. The SMILES string of the molecule is C#CC(CC)NS(=O)(=O)c1c(N)cc(Br)cc1Br. The van der Waals surface area contributed by atoms with Gasteiger partial charge in [0.15, 0.2) is 0 Å². The highest BCUT2D eigenvalue weighted by Crippen LogP contribution is 2.31. The minimum atomic E-state index is -3.75. The maximum atomic E-state index is 12.2. The van der Waals surface area contributed by atoms with Gasteiger partial charge < -0.3 is 5.73 Å². The molecule has 0 amide bonds. The van der Waals surface area contributed by atoms with Crippen molar-refractivity contribution in [2.45, 2.75) is 24.3 Å². The fraction of sp³-hybridized carbons (Fsp3) is 0.273. The first-order valence-electron chi connectivity index (χ1n) is 5.04. The van der Waals surface area contributed by atoms with Crippen LogP contribution >= 0.6 is 31.9 Å². The lowest BCUT2D eigenvalue weighted by molar-refractivity contribution is 0.570. The number of hydrogen-bond acceptors (Lipinski definition) is 3. The summed E-state index contributed by atoms with van der Waals surface area (Å²) in [5.41, 5.74) is 5.88. The molecule has 1 rings (SSSR count). The van der Waals surface area contributed by atoms with E-state index >= 15 is 0 Å². The lowest BCUT2D eigenvalue weighted by Gasteiger charge is -2.14. The van der Waals surface area contributed by atoms with Crippen LogP contribution in [0.25, 0.3) is 0 Å². The van der Waals surface area contributed by atoms with Crippen LogP contribution in [0, 0.1) is 12.3 Å². The Bertz CT molecular complexity index is 571. The maximum Gasteiger partial charge on any atom is 0.244 e. The molecule has 98 valence electrons. The molecule has 1 unspecified atom stereocenters. The Labute approximate surface area is 124 Å². The van der Waals surface area contributed by atoms with Gasteiger partial charge in [0.2, 0.25) is 10.0 Å². The van der Waals surface area contributed by atoms with Gasteiger partial charge in [-0.1, -0.05) is 28.8 Å². The Morgan fingerprint density at radius 1 is 1.50 bits per heavy atom. The van der Waals surface area contributed by atoms with E-state index in [0.717, 1.165) is 0 Å². The Balaban J connectivity index is 3.26. The van der Waals surface area contributed by atoms with Crippen molar-refractivity contribution in [1.29, 1.82) is 0 Å². The molecule has 1 aromatic rings. The number of rotatable bonds is 4. The Morgan fingerprint density at radius 3 is 2.56 bits per heavy atom. The molecule has 18 heavy (non-hydrogen) atoms. The van der Waals surface area contributed by atoms with E-state index in [1.807, 2.05) is 0 Å². The third-order valence-corrected chi connectivity index (χ3v) is 5.15. The van der Waals surface area contributed by atoms with E-state index in [-0.39, 0.29) is 10.6 Å².